The Bertz CT molecular complexity index is 1380. The standard InChI is InChI=1S/C26H21N5O3/c1-34-20-10-7-18(8-11-20)26(33)31-25-22(14-27)24(28-15-17-5-3-2-4-6-17)21-13-19(29-16-32)9-12-23(21)30-25/h2-13,16H,15H2,1H3,(H,29,32)(H2,28,30,31,33). The van der Waals surface area contributed by atoms with E-state index >= 15 is 0 Å². The van der Waals surface area contributed by atoms with Gasteiger partial charge in [-0.3, -0.25) is 9.59 Å². The van der Waals surface area contributed by atoms with Crippen molar-refractivity contribution < 1.29 is 14.3 Å². The second-order valence-electron chi connectivity index (χ2n) is 7.34. The zero-order valence-electron chi connectivity index (χ0n) is 18.3. The molecule has 0 fully saturated rings. The molecule has 2 amide bonds. The molecular formula is C26H21N5O3. The number of amides is 2. The molecule has 0 atom stereocenters. The molecule has 4 aromatic rings. The van der Waals surface area contributed by atoms with E-state index in [4.69, 9.17) is 4.74 Å². The number of methoxy groups -OCH3 is 1. The number of nitrogens with one attached hydrogen (secondary N) is 3. The topological polar surface area (TPSA) is 116 Å². The van der Waals surface area contributed by atoms with Crippen LogP contribution in [0.4, 0.5) is 17.2 Å². The summed E-state index contributed by atoms with van der Waals surface area (Å²) in [5, 5.41) is 19.3. The molecule has 168 valence electrons. The molecule has 0 aliphatic carbocycles. The lowest BCUT2D eigenvalue weighted by Crippen LogP contribution is -2.15. The molecule has 3 N–H and O–H groups in total. The number of benzene rings is 3. The van der Waals surface area contributed by atoms with Gasteiger partial charge in [0.15, 0.2) is 5.82 Å². The van der Waals surface area contributed by atoms with Gasteiger partial charge >= 0.3 is 0 Å². The Kier molecular flexibility index (Phi) is 6.65. The van der Waals surface area contributed by atoms with Gasteiger partial charge in [-0.2, -0.15) is 5.26 Å². The number of nitriles is 1. The second-order valence-corrected chi connectivity index (χ2v) is 7.34. The fourth-order valence-corrected chi connectivity index (χ4v) is 3.51. The highest BCUT2D eigenvalue weighted by Crippen LogP contribution is 2.33. The Labute approximate surface area is 196 Å². The molecular weight excluding hydrogens is 430 g/mol. The monoisotopic (exact) mass is 451 g/mol. The fraction of sp³-hybridized carbons (Fsp3) is 0.0769. The van der Waals surface area contributed by atoms with Gasteiger partial charge in [0.05, 0.1) is 18.3 Å². The molecule has 34 heavy (non-hydrogen) atoms. The number of carbonyl (C=O) groups excluding carboxylic acids is 2. The molecule has 3 aromatic carbocycles. The quantitative estimate of drug-likeness (QED) is 0.339. The van der Waals surface area contributed by atoms with Crippen molar-refractivity contribution in [1.29, 1.82) is 5.26 Å². The Balaban J connectivity index is 1.76. The molecule has 0 spiro atoms. The summed E-state index contributed by atoms with van der Waals surface area (Å²) in [4.78, 5) is 28.3. The normalized spacial score (nSPS) is 10.2. The molecule has 0 unspecified atom stereocenters. The van der Waals surface area contributed by atoms with Crippen LogP contribution in [0.25, 0.3) is 10.9 Å². The van der Waals surface area contributed by atoms with E-state index in [0.717, 1.165) is 5.56 Å². The van der Waals surface area contributed by atoms with Crippen molar-refractivity contribution in [2.45, 2.75) is 6.54 Å². The highest BCUT2D eigenvalue weighted by molar-refractivity contribution is 6.07. The highest BCUT2D eigenvalue weighted by atomic mass is 16.5. The first-order valence-electron chi connectivity index (χ1n) is 10.4. The van der Waals surface area contributed by atoms with Gasteiger partial charge in [-0.15, -0.1) is 0 Å². The maximum atomic E-state index is 12.9. The molecule has 0 radical (unpaired) electrons. The number of rotatable bonds is 8. The van der Waals surface area contributed by atoms with Gasteiger partial charge in [0.25, 0.3) is 5.91 Å². The maximum absolute atomic E-state index is 12.9. The van der Waals surface area contributed by atoms with Crippen molar-refractivity contribution >= 4 is 40.4 Å². The van der Waals surface area contributed by atoms with Crippen LogP contribution < -0.4 is 20.7 Å². The van der Waals surface area contributed by atoms with E-state index in [1.54, 1.807) is 49.6 Å². The number of hydrogen-bond acceptors (Lipinski definition) is 6. The van der Waals surface area contributed by atoms with Gasteiger partial charge in [0, 0.05) is 23.2 Å². The number of carbonyl (C=O) groups is 2. The third-order valence-corrected chi connectivity index (χ3v) is 5.22. The summed E-state index contributed by atoms with van der Waals surface area (Å²) in [6.07, 6.45) is 0.584. The van der Waals surface area contributed by atoms with Gasteiger partial charge in [-0.05, 0) is 48.0 Å². The average molecular weight is 451 g/mol. The van der Waals surface area contributed by atoms with Crippen molar-refractivity contribution in [2.75, 3.05) is 23.1 Å². The molecule has 0 aliphatic rings. The minimum absolute atomic E-state index is 0.141. The van der Waals surface area contributed by atoms with Crippen LogP contribution in [0.15, 0.2) is 72.8 Å². The van der Waals surface area contributed by atoms with Crippen LogP contribution in [0.2, 0.25) is 0 Å². The molecule has 8 heteroatoms. The third kappa shape index (κ3) is 4.79. The van der Waals surface area contributed by atoms with Crippen LogP contribution in [0.5, 0.6) is 5.75 Å². The zero-order chi connectivity index (χ0) is 23.9. The lowest BCUT2D eigenvalue weighted by atomic mass is 10.1. The number of nitrogens with zero attached hydrogens (tertiary/aromatic N) is 2. The van der Waals surface area contributed by atoms with Crippen molar-refractivity contribution in [3.63, 3.8) is 0 Å². The van der Waals surface area contributed by atoms with Crippen LogP contribution in [-0.2, 0) is 11.3 Å². The molecule has 4 rings (SSSR count). The minimum Gasteiger partial charge on any atom is -0.497 e. The Morgan fingerprint density at radius 3 is 2.53 bits per heavy atom. The fourth-order valence-electron chi connectivity index (χ4n) is 3.51. The summed E-state index contributed by atoms with van der Waals surface area (Å²) < 4.78 is 5.14. The van der Waals surface area contributed by atoms with Gasteiger partial charge < -0.3 is 20.7 Å². The molecule has 1 heterocycles. The average Bonchev–Trinajstić information content (AvgIpc) is 2.88. The number of fused-ring (bicyclic) bond motifs is 1. The Hall–Kier alpha value is -4.90. The first-order valence-corrected chi connectivity index (χ1v) is 10.4. The number of aromatic nitrogens is 1. The molecule has 0 aliphatic heterocycles. The Morgan fingerprint density at radius 2 is 1.85 bits per heavy atom. The highest BCUT2D eigenvalue weighted by Gasteiger charge is 2.18. The SMILES string of the molecule is COc1ccc(C(=O)Nc2nc3ccc(NC=O)cc3c(NCc3ccccc3)c2C#N)cc1. The van der Waals surface area contributed by atoms with E-state index in [1.165, 1.54) is 0 Å². The third-order valence-electron chi connectivity index (χ3n) is 5.22. The number of ether oxygens (including phenoxy) is 1. The van der Waals surface area contributed by atoms with Gasteiger partial charge in [-0.1, -0.05) is 30.3 Å². The summed E-state index contributed by atoms with van der Waals surface area (Å²) in [6.45, 7) is 0.450. The van der Waals surface area contributed by atoms with Crippen LogP contribution in [0, 0.1) is 11.3 Å². The Morgan fingerprint density at radius 1 is 1.09 bits per heavy atom. The molecule has 0 saturated carbocycles. The smallest absolute Gasteiger partial charge is 0.256 e. The van der Waals surface area contributed by atoms with Gasteiger partial charge in [-0.25, -0.2) is 4.98 Å². The lowest BCUT2D eigenvalue weighted by Gasteiger charge is -2.16. The van der Waals surface area contributed by atoms with Crippen molar-refractivity contribution in [2.24, 2.45) is 0 Å². The first-order chi connectivity index (χ1) is 16.6. The summed E-state index contributed by atoms with van der Waals surface area (Å²) in [5.41, 5.74) is 3.23. The van der Waals surface area contributed by atoms with Gasteiger partial charge in [0.2, 0.25) is 6.41 Å². The molecule has 0 saturated heterocycles. The van der Waals surface area contributed by atoms with Crippen molar-refractivity contribution in [3.05, 3.63) is 89.5 Å². The van der Waals surface area contributed by atoms with E-state index in [0.29, 0.717) is 46.5 Å². The second kappa shape index (κ2) is 10.1. The van der Waals surface area contributed by atoms with Crippen molar-refractivity contribution in [1.82, 2.24) is 4.98 Å². The maximum Gasteiger partial charge on any atom is 0.256 e. The molecule has 8 nitrogen and oxygen atoms in total. The number of pyridine rings is 1. The largest absolute Gasteiger partial charge is 0.497 e. The minimum atomic E-state index is -0.403. The summed E-state index contributed by atoms with van der Waals surface area (Å²) in [7, 11) is 1.55. The molecule has 0 bridgehead atoms. The zero-order valence-corrected chi connectivity index (χ0v) is 18.3. The van der Waals surface area contributed by atoms with Crippen LogP contribution in [0.3, 0.4) is 0 Å². The van der Waals surface area contributed by atoms with E-state index in [-0.39, 0.29) is 11.4 Å². The molecule has 1 aromatic heterocycles. The summed E-state index contributed by atoms with van der Waals surface area (Å²) >= 11 is 0. The summed E-state index contributed by atoms with van der Waals surface area (Å²) in [5.74, 6) is 0.368. The number of hydrogen-bond donors (Lipinski definition) is 3. The van der Waals surface area contributed by atoms with Crippen LogP contribution in [-0.4, -0.2) is 24.4 Å². The van der Waals surface area contributed by atoms with E-state index in [2.05, 4.69) is 27.0 Å². The predicted octanol–water partition coefficient (Wildman–Crippen LogP) is 4.55. The van der Waals surface area contributed by atoms with E-state index in [1.807, 2.05) is 30.3 Å². The van der Waals surface area contributed by atoms with Crippen LogP contribution in [0.1, 0.15) is 21.5 Å². The van der Waals surface area contributed by atoms with Crippen molar-refractivity contribution in [3.8, 4) is 11.8 Å². The predicted molar refractivity (Wildman–Crippen MR) is 131 cm³/mol. The lowest BCUT2D eigenvalue weighted by molar-refractivity contribution is -0.105. The van der Waals surface area contributed by atoms with Gasteiger partial charge in [0.1, 0.15) is 17.4 Å². The first kappa shape index (κ1) is 22.3. The van der Waals surface area contributed by atoms with E-state index in [9.17, 15) is 14.9 Å². The summed E-state index contributed by atoms with van der Waals surface area (Å²) in [6, 6.07) is 23.7. The van der Waals surface area contributed by atoms with E-state index < -0.39 is 5.91 Å². The number of anilines is 3. The van der Waals surface area contributed by atoms with Crippen LogP contribution >= 0.6 is 0 Å².